The van der Waals surface area contributed by atoms with Crippen molar-refractivity contribution in [3.8, 4) is 17.0 Å². The second kappa shape index (κ2) is 9.07. The van der Waals surface area contributed by atoms with Crippen LogP contribution >= 0.6 is 0 Å². The first kappa shape index (κ1) is 21.5. The number of nitro benzene ring substituents is 1. The molecule has 0 atom stereocenters. The Morgan fingerprint density at radius 3 is 2.61 bits per heavy atom. The second-order valence-corrected chi connectivity index (χ2v) is 6.05. The lowest BCUT2D eigenvalue weighted by molar-refractivity contribution is -0.387. The zero-order valence-electron chi connectivity index (χ0n) is 15.9. The summed E-state index contributed by atoms with van der Waals surface area (Å²) in [5, 5.41) is 24.0. The van der Waals surface area contributed by atoms with E-state index in [1.54, 1.807) is 25.2 Å². The van der Waals surface area contributed by atoms with Crippen LogP contribution in [0, 0.1) is 21.3 Å². The standard InChI is InChI=1S/C19H15F3N6O3/c1-24-13-4-10(2-3-11(13)8-23)14-7-18(26-9-25-14)27-15-6-16(28(29)30)12(20)5-17(15)31-19(21)22/h2-9,19,23-24H,1H3,(H,25,26,27). The van der Waals surface area contributed by atoms with Gasteiger partial charge in [-0.2, -0.15) is 13.2 Å². The SMILES string of the molecule is CNc1cc(-c2cc(Nc3cc([N+](=O)[O-])c(F)cc3OC(F)F)ncn2)ccc1C=N. The number of nitrogens with zero attached hydrogens (tertiary/aromatic N) is 3. The van der Waals surface area contributed by atoms with Gasteiger partial charge in [0.2, 0.25) is 5.82 Å². The first-order valence-electron chi connectivity index (χ1n) is 8.67. The molecule has 0 spiro atoms. The number of hydrogen-bond acceptors (Lipinski definition) is 8. The number of rotatable bonds is 8. The average molecular weight is 432 g/mol. The summed E-state index contributed by atoms with van der Waals surface area (Å²) in [6.45, 7) is -3.27. The highest BCUT2D eigenvalue weighted by atomic mass is 19.3. The third kappa shape index (κ3) is 4.86. The van der Waals surface area contributed by atoms with E-state index in [-0.39, 0.29) is 11.5 Å². The van der Waals surface area contributed by atoms with E-state index in [9.17, 15) is 23.3 Å². The molecule has 1 aromatic heterocycles. The van der Waals surface area contributed by atoms with Crippen molar-refractivity contribution in [3.05, 3.63) is 64.2 Å². The Balaban J connectivity index is 2.00. The van der Waals surface area contributed by atoms with E-state index in [0.29, 0.717) is 28.6 Å². The summed E-state index contributed by atoms with van der Waals surface area (Å²) in [5.74, 6) is -1.83. The smallest absolute Gasteiger partial charge is 0.387 e. The van der Waals surface area contributed by atoms with E-state index in [1.807, 2.05) is 0 Å². The van der Waals surface area contributed by atoms with Crippen LogP contribution in [0.25, 0.3) is 11.3 Å². The summed E-state index contributed by atoms with van der Waals surface area (Å²) in [6, 6.07) is 7.90. The van der Waals surface area contributed by atoms with Crippen molar-refractivity contribution in [1.82, 2.24) is 9.97 Å². The van der Waals surface area contributed by atoms with Crippen LogP contribution in [0.1, 0.15) is 5.56 Å². The summed E-state index contributed by atoms with van der Waals surface area (Å²) < 4.78 is 43.5. The van der Waals surface area contributed by atoms with Crippen LogP contribution in [0.2, 0.25) is 0 Å². The van der Waals surface area contributed by atoms with Crippen molar-refractivity contribution >= 4 is 29.1 Å². The van der Waals surface area contributed by atoms with Crippen molar-refractivity contribution in [2.24, 2.45) is 0 Å². The molecule has 0 bridgehead atoms. The number of anilines is 3. The van der Waals surface area contributed by atoms with Crippen molar-refractivity contribution < 1.29 is 22.8 Å². The molecule has 3 N–H and O–H groups in total. The number of alkyl halides is 2. The highest BCUT2D eigenvalue weighted by molar-refractivity contribution is 5.88. The molecule has 3 rings (SSSR count). The third-order valence-electron chi connectivity index (χ3n) is 4.17. The average Bonchev–Trinajstić information content (AvgIpc) is 2.74. The second-order valence-electron chi connectivity index (χ2n) is 6.05. The summed E-state index contributed by atoms with van der Waals surface area (Å²) in [4.78, 5) is 18.2. The minimum Gasteiger partial charge on any atom is -0.432 e. The summed E-state index contributed by atoms with van der Waals surface area (Å²) in [6.07, 6.45) is 2.39. The van der Waals surface area contributed by atoms with Gasteiger partial charge in [-0.25, -0.2) is 9.97 Å². The number of aromatic nitrogens is 2. The molecule has 12 heteroatoms. The van der Waals surface area contributed by atoms with Gasteiger partial charge in [0.1, 0.15) is 12.1 Å². The topological polar surface area (TPSA) is 126 Å². The van der Waals surface area contributed by atoms with Crippen LogP contribution < -0.4 is 15.4 Å². The lowest BCUT2D eigenvalue weighted by Crippen LogP contribution is -2.07. The fourth-order valence-corrected chi connectivity index (χ4v) is 2.75. The molecule has 0 radical (unpaired) electrons. The molecule has 9 nitrogen and oxygen atoms in total. The Morgan fingerprint density at radius 1 is 1.19 bits per heavy atom. The molecule has 31 heavy (non-hydrogen) atoms. The summed E-state index contributed by atoms with van der Waals surface area (Å²) in [5.41, 5.74) is 1.26. The quantitative estimate of drug-likeness (QED) is 0.270. The molecule has 2 aromatic carbocycles. The van der Waals surface area contributed by atoms with E-state index in [0.717, 1.165) is 6.07 Å². The molecule has 0 aliphatic rings. The Bertz CT molecular complexity index is 1140. The predicted octanol–water partition coefficient (Wildman–Crippen LogP) is 4.58. The lowest BCUT2D eigenvalue weighted by atomic mass is 10.1. The molecule has 0 aliphatic carbocycles. The van der Waals surface area contributed by atoms with Crippen molar-refractivity contribution in [2.45, 2.75) is 6.61 Å². The molecule has 3 aromatic rings. The van der Waals surface area contributed by atoms with Crippen LogP contribution in [0.15, 0.2) is 42.7 Å². The minimum absolute atomic E-state index is 0.104. The van der Waals surface area contributed by atoms with E-state index in [1.165, 1.54) is 18.6 Å². The van der Waals surface area contributed by atoms with Crippen LogP contribution in [0.4, 0.5) is 36.1 Å². The number of hydrogen-bond donors (Lipinski definition) is 3. The third-order valence-corrected chi connectivity index (χ3v) is 4.17. The highest BCUT2D eigenvalue weighted by Gasteiger charge is 2.21. The molecular formula is C19H15F3N6O3. The van der Waals surface area contributed by atoms with Gasteiger partial charge in [-0.3, -0.25) is 10.1 Å². The summed E-state index contributed by atoms with van der Waals surface area (Å²) in [7, 11) is 1.70. The van der Waals surface area contributed by atoms with E-state index < -0.39 is 28.8 Å². The van der Waals surface area contributed by atoms with Crippen molar-refractivity contribution in [2.75, 3.05) is 17.7 Å². The number of benzene rings is 2. The number of halogens is 3. The molecule has 0 fully saturated rings. The molecular weight excluding hydrogens is 417 g/mol. The zero-order chi connectivity index (χ0) is 22.5. The zero-order valence-corrected chi connectivity index (χ0v) is 15.9. The first-order chi connectivity index (χ1) is 14.8. The van der Waals surface area contributed by atoms with Crippen LogP contribution in [-0.2, 0) is 0 Å². The maximum atomic E-state index is 13.8. The first-order valence-corrected chi connectivity index (χ1v) is 8.67. The van der Waals surface area contributed by atoms with Gasteiger partial charge in [0.25, 0.3) is 0 Å². The van der Waals surface area contributed by atoms with Gasteiger partial charge in [-0.05, 0) is 6.07 Å². The molecule has 0 saturated heterocycles. The highest BCUT2D eigenvalue weighted by Crippen LogP contribution is 2.35. The Kier molecular flexibility index (Phi) is 6.29. The normalized spacial score (nSPS) is 10.6. The fourth-order valence-electron chi connectivity index (χ4n) is 2.75. The van der Waals surface area contributed by atoms with Gasteiger partial charge >= 0.3 is 12.3 Å². The molecule has 0 amide bonds. The monoisotopic (exact) mass is 432 g/mol. The minimum atomic E-state index is -3.27. The largest absolute Gasteiger partial charge is 0.432 e. The van der Waals surface area contributed by atoms with Gasteiger partial charge in [0, 0.05) is 48.3 Å². The van der Waals surface area contributed by atoms with E-state index >= 15 is 0 Å². The van der Waals surface area contributed by atoms with Crippen LogP contribution in [0.5, 0.6) is 5.75 Å². The number of nitro groups is 1. The van der Waals surface area contributed by atoms with Crippen molar-refractivity contribution in [1.29, 1.82) is 5.41 Å². The molecule has 160 valence electrons. The fraction of sp³-hybridized carbons (Fsp3) is 0.105. The van der Waals surface area contributed by atoms with Crippen molar-refractivity contribution in [3.63, 3.8) is 0 Å². The van der Waals surface area contributed by atoms with Crippen LogP contribution in [-0.4, -0.2) is 34.8 Å². The Labute approximate surface area is 173 Å². The van der Waals surface area contributed by atoms with Gasteiger partial charge in [-0.1, -0.05) is 12.1 Å². The number of nitrogens with one attached hydrogen (secondary N) is 3. The lowest BCUT2D eigenvalue weighted by Gasteiger charge is -2.13. The van der Waals surface area contributed by atoms with Gasteiger partial charge in [-0.15, -0.1) is 0 Å². The molecule has 0 saturated carbocycles. The maximum absolute atomic E-state index is 13.8. The Hall–Kier alpha value is -4.22. The van der Waals surface area contributed by atoms with Gasteiger partial charge in [0.05, 0.1) is 16.3 Å². The molecule has 0 unspecified atom stereocenters. The maximum Gasteiger partial charge on any atom is 0.387 e. The number of ether oxygens (including phenoxy) is 1. The van der Waals surface area contributed by atoms with Gasteiger partial charge in [0.15, 0.2) is 5.75 Å². The Morgan fingerprint density at radius 2 is 1.97 bits per heavy atom. The molecule has 0 aliphatic heterocycles. The molecule has 1 heterocycles. The predicted molar refractivity (Wildman–Crippen MR) is 108 cm³/mol. The van der Waals surface area contributed by atoms with Crippen LogP contribution in [0.3, 0.4) is 0 Å². The summed E-state index contributed by atoms with van der Waals surface area (Å²) >= 11 is 0. The van der Waals surface area contributed by atoms with Gasteiger partial charge < -0.3 is 20.8 Å². The van der Waals surface area contributed by atoms with E-state index in [4.69, 9.17) is 5.41 Å². The van der Waals surface area contributed by atoms with E-state index in [2.05, 4.69) is 25.3 Å².